The number of benzene rings is 3. The van der Waals surface area contributed by atoms with Gasteiger partial charge in [-0.15, -0.1) is 0 Å². The molecule has 0 aliphatic carbocycles. The average Bonchev–Trinajstić information content (AvgIpc) is 3.13. The van der Waals surface area contributed by atoms with Gasteiger partial charge in [-0.05, 0) is 54.5 Å². The van der Waals surface area contributed by atoms with Crippen LogP contribution in [0.4, 0.5) is 14.5 Å². The van der Waals surface area contributed by atoms with Crippen LogP contribution in [0.2, 0.25) is 0 Å². The van der Waals surface area contributed by atoms with E-state index in [4.69, 9.17) is 11.1 Å². The van der Waals surface area contributed by atoms with E-state index in [-0.39, 0.29) is 22.8 Å². The van der Waals surface area contributed by atoms with Crippen LogP contribution < -0.4 is 5.73 Å². The zero-order chi connectivity index (χ0) is 20.5. The average molecular weight is 388 g/mol. The van der Waals surface area contributed by atoms with Crippen molar-refractivity contribution < 1.29 is 8.78 Å². The standard InChI is InChI=1S/C23H18F2N4/c1-13-3-2-4-21-22(13)29-23(28-21)16-11-17(20(27)12-18(16)25)19(26)10-7-14-5-8-15(24)9-6-14/h2-12,26H,27H2,1H3,(H,28,29)/b10-7+,26-19?. The lowest BCUT2D eigenvalue weighted by molar-refractivity contribution is 0.627. The molecule has 4 nitrogen and oxygen atoms in total. The largest absolute Gasteiger partial charge is 0.398 e. The van der Waals surface area contributed by atoms with Crippen molar-refractivity contribution in [3.63, 3.8) is 0 Å². The summed E-state index contributed by atoms with van der Waals surface area (Å²) in [6.07, 6.45) is 3.22. The highest BCUT2D eigenvalue weighted by atomic mass is 19.1. The van der Waals surface area contributed by atoms with Crippen LogP contribution in [0.1, 0.15) is 16.7 Å². The van der Waals surface area contributed by atoms with Crippen molar-refractivity contribution in [3.8, 4) is 11.4 Å². The van der Waals surface area contributed by atoms with Gasteiger partial charge < -0.3 is 16.1 Å². The van der Waals surface area contributed by atoms with E-state index in [1.165, 1.54) is 24.3 Å². The topological polar surface area (TPSA) is 78.5 Å². The number of aromatic nitrogens is 2. The highest BCUT2D eigenvalue weighted by Gasteiger charge is 2.15. The third kappa shape index (κ3) is 3.65. The fourth-order valence-electron chi connectivity index (χ4n) is 3.15. The number of halogens is 2. The van der Waals surface area contributed by atoms with Crippen molar-refractivity contribution in [2.45, 2.75) is 6.92 Å². The van der Waals surface area contributed by atoms with E-state index in [1.54, 1.807) is 24.3 Å². The first-order valence-electron chi connectivity index (χ1n) is 8.99. The van der Waals surface area contributed by atoms with Crippen molar-refractivity contribution in [1.29, 1.82) is 5.41 Å². The smallest absolute Gasteiger partial charge is 0.141 e. The number of imidazole rings is 1. The van der Waals surface area contributed by atoms with Gasteiger partial charge in [-0.3, -0.25) is 0 Å². The molecule has 0 radical (unpaired) electrons. The number of fused-ring (bicyclic) bond motifs is 1. The summed E-state index contributed by atoms with van der Waals surface area (Å²) in [4.78, 5) is 7.64. The summed E-state index contributed by atoms with van der Waals surface area (Å²) in [6.45, 7) is 1.94. The van der Waals surface area contributed by atoms with Crippen molar-refractivity contribution in [1.82, 2.24) is 9.97 Å². The Kier molecular flexibility index (Phi) is 4.68. The molecular weight excluding hydrogens is 370 g/mol. The molecule has 144 valence electrons. The number of hydrogen-bond donors (Lipinski definition) is 3. The second-order valence-corrected chi connectivity index (χ2v) is 6.77. The summed E-state index contributed by atoms with van der Waals surface area (Å²) in [5.41, 5.74) is 10.2. The second-order valence-electron chi connectivity index (χ2n) is 6.77. The summed E-state index contributed by atoms with van der Waals surface area (Å²) in [7, 11) is 0. The molecule has 0 spiro atoms. The molecule has 0 aliphatic heterocycles. The molecule has 0 fully saturated rings. The van der Waals surface area contributed by atoms with Gasteiger partial charge in [0.05, 0.1) is 22.3 Å². The first kappa shape index (κ1) is 18.6. The maximum atomic E-state index is 14.6. The highest BCUT2D eigenvalue weighted by Crippen LogP contribution is 2.28. The third-order valence-electron chi connectivity index (χ3n) is 4.71. The van der Waals surface area contributed by atoms with E-state index in [0.29, 0.717) is 11.4 Å². The maximum absolute atomic E-state index is 14.6. The van der Waals surface area contributed by atoms with Crippen molar-refractivity contribution in [3.05, 3.63) is 89.0 Å². The van der Waals surface area contributed by atoms with Gasteiger partial charge in [0.25, 0.3) is 0 Å². The minimum atomic E-state index is -0.515. The number of anilines is 1. The van der Waals surface area contributed by atoms with E-state index in [9.17, 15) is 8.78 Å². The minimum absolute atomic E-state index is 0.111. The van der Waals surface area contributed by atoms with Gasteiger partial charge >= 0.3 is 0 Å². The summed E-state index contributed by atoms with van der Waals surface area (Å²) in [5, 5.41) is 8.34. The lowest BCUT2D eigenvalue weighted by Gasteiger charge is -2.08. The quantitative estimate of drug-likeness (QED) is 0.320. The van der Waals surface area contributed by atoms with Gasteiger partial charge in [-0.25, -0.2) is 13.8 Å². The predicted octanol–water partition coefficient (Wildman–Crippen LogP) is 5.48. The normalized spacial score (nSPS) is 11.4. The molecule has 1 heterocycles. The lowest BCUT2D eigenvalue weighted by atomic mass is 10.0. The first-order chi connectivity index (χ1) is 13.9. The summed E-state index contributed by atoms with van der Waals surface area (Å²) in [6, 6.07) is 14.3. The monoisotopic (exact) mass is 388 g/mol. The van der Waals surface area contributed by atoms with Crippen LogP contribution in [0.5, 0.6) is 0 Å². The molecule has 0 bridgehead atoms. The number of allylic oxidation sites excluding steroid dienone is 1. The Bertz CT molecular complexity index is 1250. The molecule has 4 N–H and O–H groups in total. The fourth-order valence-corrected chi connectivity index (χ4v) is 3.15. The molecule has 0 aliphatic rings. The number of nitrogen functional groups attached to an aromatic ring is 1. The van der Waals surface area contributed by atoms with E-state index in [2.05, 4.69) is 9.97 Å². The van der Waals surface area contributed by atoms with Crippen LogP contribution in [0.3, 0.4) is 0 Å². The molecule has 0 saturated heterocycles. The molecule has 3 aromatic carbocycles. The Morgan fingerprint density at radius 2 is 1.86 bits per heavy atom. The molecule has 29 heavy (non-hydrogen) atoms. The zero-order valence-electron chi connectivity index (χ0n) is 15.6. The Labute approximate surface area is 166 Å². The van der Waals surface area contributed by atoms with Gasteiger partial charge in [0.15, 0.2) is 0 Å². The Balaban J connectivity index is 1.72. The third-order valence-corrected chi connectivity index (χ3v) is 4.71. The number of nitrogens with zero attached hydrogens (tertiary/aromatic N) is 1. The molecule has 4 aromatic rings. The van der Waals surface area contributed by atoms with Crippen molar-refractivity contribution in [2.24, 2.45) is 0 Å². The van der Waals surface area contributed by atoms with Gasteiger partial charge in [-0.2, -0.15) is 0 Å². The summed E-state index contributed by atoms with van der Waals surface area (Å²) in [5.74, 6) is -0.465. The maximum Gasteiger partial charge on any atom is 0.141 e. The molecule has 0 unspecified atom stereocenters. The van der Waals surface area contributed by atoms with Crippen LogP contribution in [0.25, 0.3) is 28.5 Å². The number of para-hydroxylation sites is 1. The number of aromatic amines is 1. The van der Waals surface area contributed by atoms with E-state index in [1.807, 2.05) is 25.1 Å². The fraction of sp³-hybridized carbons (Fsp3) is 0.0435. The van der Waals surface area contributed by atoms with E-state index >= 15 is 0 Å². The van der Waals surface area contributed by atoms with E-state index in [0.717, 1.165) is 22.2 Å². The molecular formula is C23H18F2N4. The number of nitrogens with one attached hydrogen (secondary N) is 2. The number of aryl methyl sites for hydroxylation is 1. The Morgan fingerprint density at radius 3 is 2.59 bits per heavy atom. The van der Waals surface area contributed by atoms with Crippen LogP contribution in [0.15, 0.2) is 60.7 Å². The van der Waals surface area contributed by atoms with Crippen LogP contribution in [0, 0.1) is 24.0 Å². The number of H-pyrrole nitrogens is 1. The minimum Gasteiger partial charge on any atom is -0.398 e. The number of hydrogen-bond acceptors (Lipinski definition) is 3. The molecule has 1 aromatic heterocycles. The second kappa shape index (κ2) is 7.31. The van der Waals surface area contributed by atoms with Gasteiger partial charge in [0.2, 0.25) is 0 Å². The molecule has 6 heteroatoms. The van der Waals surface area contributed by atoms with Crippen molar-refractivity contribution in [2.75, 3.05) is 5.73 Å². The SMILES string of the molecule is Cc1cccc2[nH]c(-c3cc(C(=N)/C=C/c4ccc(F)cc4)c(N)cc3F)nc12. The van der Waals surface area contributed by atoms with Gasteiger partial charge in [0, 0.05) is 11.3 Å². The molecule has 0 saturated carbocycles. The van der Waals surface area contributed by atoms with Gasteiger partial charge in [-0.1, -0.05) is 30.3 Å². The lowest BCUT2D eigenvalue weighted by Crippen LogP contribution is -2.03. The summed E-state index contributed by atoms with van der Waals surface area (Å²) >= 11 is 0. The molecule has 4 rings (SSSR count). The van der Waals surface area contributed by atoms with Gasteiger partial charge in [0.1, 0.15) is 17.5 Å². The van der Waals surface area contributed by atoms with Crippen LogP contribution in [-0.4, -0.2) is 15.7 Å². The van der Waals surface area contributed by atoms with Crippen LogP contribution in [-0.2, 0) is 0 Å². The van der Waals surface area contributed by atoms with Crippen LogP contribution >= 0.6 is 0 Å². The highest BCUT2D eigenvalue weighted by molar-refractivity contribution is 6.12. The summed E-state index contributed by atoms with van der Waals surface area (Å²) < 4.78 is 27.7. The Hall–Kier alpha value is -3.80. The molecule has 0 atom stereocenters. The first-order valence-corrected chi connectivity index (χ1v) is 8.99. The van der Waals surface area contributed by atoms with Crippen molar-refractivity contribution >= 4 is 28.5 Å². The Morgan fingerprint density at radius 1 is 1.10 bits per heavy atom. The zero-order valence-corrected chi connectivity index (χ0v) is 15.6. The predicted molar refractivity (Wildman–Crippen MR) is 113 cm³/mol. The number of nitrogens with two attached hydrogens (primary N) is 1. The number of rotatable bonds is 4. The molecule has 0 amide bonds. The van der Waals surface area contributed by atoms with E-state index < -0.39 is 5.82 Å².